The Morgan fingerprint density at radius 1 is 1.26 bits per heavy atom. The van der Waals surface area contributed by atoms with Crippen LogP contribution in [0.3, 0.4) is 0 Å². The fourth-order valence-corrected chi connectivity index (χ4v) is 1.84. The van der Waals surface area contributed by atoms with Crippen molar-refractivity contribution in [3.8, 4) is 0 Å². The first-order chi connectivity index (χ1) is 8.97. The highest BCUT2D eigenvalue weighted by Crippen LogP contribution is 2.21. The number of carbonyl (C=O) groups is 1. The van der Waals surface area contributed by atoms with Crippen LogP contribution in [0.4, 0.5) is 15.8 Å². The van der Waals surface area contributed by atoms with E-state index in [0.717, 1.165) is 11.6 Å². The van der Waals surface area contributed by atoms with Gasteiger partial charge < -0.3 is 11.1 Å². The second-order valence-electron chi connectivity index (χ2n) is 4.15. The van der Waals surface area contributed by atoms with E-state index in [1.54, 1.807) is 18.2 Å². The number of anilines is 2. The average molecular weight is 279 g/mol. The Labute approximate surface area is 115 Å². The molecule has 0 aliphatic carbocycles. The minimum absolute atomic E-state index is 0.0672. The second kappa shape index (κ2) is 5.28. The van der Waals surface area contributed by atoms with Gasteiger partial charge in [-0.25, -0.2) is 4.39 Å². The van der Waals surface area contributed by atoms with Gasteiger partial charge in [-0.1, -0.05) is 17.7 Å². The Morgan fingerprint density at radius 3 is 2.63 bits per heavy atom. The van der Waals surface area contributed by atoms with E-state index in [0.29, 0.717) is 11.4 Å². The molecular formula is C14H12ClFN2O. The third-order valence-corrected chi connectivity index (χ3v) is 3.03. The molecule has 0 unspecified atom stereocenters. The Hall–Kier alpha value is -2.07. The van der Waals surface area contributed by atoms with Crippen LogP contribution in [0, 0.1) is 12.7 Å². The van der Waals surface area contributed by atoms with Gasteiger partial charge in [0.15, 0.2) is 0 Å². The Kier molecular flexibility index (Phi) is 3.71. The molecule has 0 fully saturated rings. The van der Waals surface area contributed by atoms with E-state index in [1.165, 1.54) is 12.1 Å². The molecule has 0 saturated heterocycles. The fraction of sp³-hybridized carbons (Fsp3) is 0.0714. The van der Waals surface area contributed by atoms with Crippen molar-refractivity contribution >= 4 is 28.9 Å². The summed E-state index contributed by atoms with van der Waals surface area (Å²) < 4.78 is 12.9. The molecule has 0 heterocycles. The highest BCUT2D eigenvalue weighted by molar-refractivity contribution is 6.34. The number of hydrogen-bond acceptors (Lipinski definition) is 2. The third-order valence-electron chi connectivity index (χ3n) is 2.71. The summed E-state index contributed by atoms with van der Waals surface area (Å²) in [6.07, 6.45) is 0. The summed E-state index contributed by atoms with van der Waals surface area (Å²) in [5.41, 5.74) is 8.05. The van der Waals surface area contributed by atoms with E-state index in [2.05, 4.69) is 5.32 Å². The van der Waals surface area contributed by atoms with Gasteiger partial charge in [-0.2, -0.15) is 0 Å². The van der Waals surface area contributed by atoms with E-state index in [4.69, 9.17) is 17.3 Å². The van der Waals surface area contributed by atoms with E-state index in [9.17, 15) is 9.18 Å². The lowest BCUT2D eigenvalue weighted by molar-refractivity contribution is 0.102. The predicted octanol–water partition coefficient (Wildman–Crippen LogP) is 3.62. The van der Waals surface area contributed by atoms with Gasteiger partial charge in [-0.05, 0) is 42.8 Å². The molecule has 1 amide bonds. The number of benzene rings is 2. The molecule has 2 aromatic rings. The van der Waals surface area contributed by atoms with Crippen LogP contribution in [0.25, 0.3) is 0 Å². The molecule has 2 aromatic carbocycles. The molecule has 0 radical (unpaired) electrons. The maximum absolute atomic E-state index is 12.9. The smallest absolute Gasteiger partial charge is 0.257 e. The number of halogens is 2. The molecule has 3 N–H and O–H groups in total. The Balaban J connectivity index is 2.23. The zero-order valence-corrected chi connectivity index (χ0v) is 11.0. The van der Waals surface area contributed by atoms with Crippen LogP contribution >= 0.6 is 11.6 Å². The number of nitrogens with two attached hydrogens (primary N) is 1. The van der Waals surface area contributed by atoms with Crippen molar-refractivity contribution in [3.63, 3.8) is 0 Å². The number of aryl methyl sites for hydroxylation is 1. The van der Waals surface area contributed by atoms with Gasteiger partial charge >= 0.3 is 0 Å². The lowest BCUT2D eigenvalue weighted by atomic mass is 10.1. The molecule has 0 aromatic heterocycles. The Bertz CT molecular complexity index is 643. The van der Waals surface area contributed by atoms with Gasteiger partial charge in [-0.15, -0.1) is 0 Å². The van der Waals surface area contributed by atoms with Crippen molar-refractivity contribution in [1.82, 2.24) is 0 Å². The number of amides is 1. The molecule has 0 aliphatic rings. The maximum Gasteiger partial charge on any atom is 0.257 e. The first-order valence-corrected chi connectivity index (χ1v) is 5.97. The van der Waals surface area contributed by atoms with Crippen LogP contribution in [0.1, 0.15) is 15.9 Å². The molecule has 0 saturated carbocycles. The molecule has 5 heteroatoms. The molecule has 2 rings (SSSR count). The fourth-order valence-electron chi connectivity index (χ4n) is 1.59. The van der Waals surface area contributed by atoms with Crippen molar-refractivity contribution in [2.45, 2.75) is 6.92 Å². The van der Waals surface area contributed by atoms with Crippen molar-refractivity contribution in [3.05, 3.63) is 58.4 Å². The van der Waals surface area contributed by atoms with E-state index in [1.807, 2.05) is 6.92 Å². The number of carbonyl (C=O) groups excluding carboxylic acids is 1. The molecule has 0 bridgehead atoms. The molecule has 3 nitrogen and oxygen atoms in total. The first kappa shape index (κ1) is 13.4. The maximum atomic E-state index is 12.9. The third kappa shape index (κ3) is 3.03. The minimum atomic E-state index is -0.485. The standard InChI is InChI=1S/C14H12ClFN2O/c1-8-2-4-10(7-13(8)17)18-14(19)11-5-3-9(16)6-12(11)15/h2-7H,17H2,1H3,(H,18,19). The summed E-state index contributed by atoms with van der Waals surface area (Å²) in [5, 5.41) is 2.73. The summed E-state index contributed by atoms with van der Waals surface area (Å²) in [4.78, 5) is 12.0. The normalized spacial score (nSPS) is 10.3. The lowest BCUT2D eigenvalue weighted by Gasteiger charge is -2.08. The molecule has 0 aliphatic heterocycles. The van der Waals surface area contributed by atoms with Crippen molar-refractivity contribution in [2.24, 2.45) is 0 Å². The van der Waals surface area contributed by atoms with Crippen LogP contribution in [0.15, 0.2) is 36.4 Å². The van der Waals surface area contributed by atoms with Crippen LogP contribution in [-0.4, -0.2) is 5.91 Å². The molecule has 19 heavy (non-hydrogen) atoms. The van der Waals surface area contributed by atoms with Crippen molar-refractivity contribution in [1.29, 1.82) is 0 Å². The quantitative estimate of drug-likeness (QED) is 0.824. The monoisotopic (exact) mass is 278 g/mol. The molecule has 0 atom stereocenters. The average Bonchev–Trinajstić information content (AvgIpc) is 2.33. The van der Waals surface area contributed by atoms with E-state index >= 15 is 0 Å². The van der Waals surface area contributed by atoms with Gasteiger partial charge in [0.25, 0.3) is 5.91 Å². The van der Waals surface area contributed by atoms with Gasteiger partial charge in [0, 0.05) is 11.4 Å². The molecule has 0 spiro atoms. The topological polar surface area (TPSA) is 55.1 Å². The largest absolute Gasteiger partial charge is 0.398 e. The number of rotatable bonds is 2. The van der Waals surface area contributed by atoms with Crippen LogP contribution in [0.2, 0.25) is 5.02 Å². The number of nitrogens with one attached hydrogen (secondary N) is 1. The van der Waals surface area contributed by atoms with E-state index < -0.39 is 11.7 Å². The van der Waals surface area contributed by atoms with Gasteiger partial charge in [0.2, 0.25) is 0 Å². The molecule has 98 valence electrons. The summed E-state index contributed by atoms with van der Waals surface area (Å²) in [6.45, 7) is 1.87. The zero-order valence-electron chi connectivity index (χ0n) is 10.2. The summed E-state index contributed by atoms with van der Waals surface area (Å²) in [5.74, 6) is -0.894. The lowest BCUT2D eigenvalue weighted by Crippen LogP contribution is -2.12. The van der Waals surface area contributed by atoms with Crippen LogP contribution in [-0.2, 0) is 0 Å². The van der Waals surface area contributed by atoms with Crippen LogP contribution in [0.5, 0.6) is 0 Å². The minimum Gasteiger partial charge on any atom is -0.398 e. The van der Waals surface area contributed by atoms with E-state index in [-0.39, 0.29) is 10.6 Å². The van der Waals surface area contributed by atoms with Crippen molar-refractivity contribution < 1.29 is 9.18 Å². The van der Waals surface area contributed by atoms with Gasteiger partial charge in [-0.3, -0.25) is 4.79 Å². The number of nitrogen functional groups attached to an aromatic ring is 1. The molecular weight excluding hydrogens is 267 g/mol. The Morgan fingerprint density at radius 2 is 2.00 bits per heavy atom. The summed E-state index contributed by atoms with van der Waals surface area (Å²) >= 11 is 5.82. The second-order valence-corrected chi connectivity index (χ2v) is 4.56. The summed E-state index contributed by atoms with van der Waals surface area (Å²) in [7, 11) is 0. The van der Waals surface area contributed by atoms with Gasteiger partial charge in [0.1, 0.15) is 5.82 Å². The van der Waals surface area contributed by atoms with Crippen LogP contribution < -0.4 is 11.1 Å². The first-order valence-electron chi connectivity index (χ1n) is 5.60. The van der Waals surface area contributed by atoms with Gasteiger partial charge in [0.05, 0.1) is 10.6 Å². The summed E-state index contributed by atoms with van der Waals surface area (Å²) in [6, 6.07) is 8.82. The number of hydrogen-bond donors (Lipinski definition) is 2. The zero-order chi connectivity index (χ0) is 14.0. The highest BCUT2D eigenvalue weighted by Gasteiger charge is 2.11. The van der Waals surface area contributed by atoms with Crippen molar-refractivity contribution in [2.75, 3.05) is 11.1 Å². The predicted molar refractivity (Wildman–Crippen MR) is 75.0 cm³/mol. The SMILES string of the molecule is Cc1ccc(NC(=O)c2ccc(F)cc2Cl)cc1N. The highest BCUT2D eigenvalue weighted by atomic mass is 35.5.